The summed E-state index contributed by atoms with van der Waals surface area (Å²) in [6, 6.07) is 0. The van der Waals surface area contributed by atoms with E-state index in [1.807, 2.05) is 7.05 Å². The molecule has 2 fully saturated rings. The molecule has 1 aromatic heterocycles. The fourth-order valence-corrected chi connectivity index (χ4v) is 3.79. The van der Waals surface area contributed by atoms with Gasteiger partial charge >= 0.3 is 0 Å². The summed E-state index contributed by atoms with van der Waals surface area (Å²) in [5.41, 5.74) is 0.745. The Kier molecular flexibility index (Phi) is 2.51. The Morgan fingerprint density at radius 2 is 1.76 bits per heavy atom. The number of hydrogen-bond acceptors (Lipinski definition) is 3. The van der Waals surface area contributed by atoms with Gasteiger partial charge in [0, 0.05) is 7.05 Å². The third-order valence-corrected chi connectivity index (χ3v) is 4.99. The van der Waals surface area contributed by atoms with Crippen LogP contribution in [0.15, 0.2) is 6.20 Å². The van der Waals surface area contributed by atoms with Gasteiger partial charge in [-0.25, -0.2) is 4.68 Å². The van der Waals surface area contributed by atoms with Crippen molar-refractivity contribution in [2.45, 2.75) is 57.0 Å². The van der Waals surface area contributed by atoms with E-state index in [9.17, 15) is 5.11 Å². The molecule has 2 saturated carbocycles. The average Bonchev–Trinajstić information content (AvgIpc) is 2.94. The van der Waals surface area contributed by atoms with Crippen LogP contribution in [0.2, 0.25) is 0 Å². The third kappa shape index (κ3) is 1.79. The molecule has 0 saturated heterocycles. The van der Waals surface area contributed by atoms with Crippen molar-refractivity contribution in [2.75, 3.05) is 0 Å². The van der Waals surface area contributed by atoms with E-state index in [-0.39, 0.29) is 0 Å². The minimum Gasteiger partial charge on any atom is -0.384 e. The van der Waals surface area contributed by atoms with Crippen molar-refractivity contribution in [3.8, 4) is 0 Å². The molecule has 2 aliphatic carbocycles. The van der Waals surface area contributed by atoms with Crippen LogP contribution < -0.4 is 0 Å². The minimum absolute atomic E-state index is 0.554. The van der Waals surface area contributed by atoms with Gasteiger partial charge in [0.2, 0.25) is 0 Å². The first kappa shape index (κ1) is 11.2. The Hall–Kier alpha value is -0.900. The first-order valence-corrected chi connectivity index (χ1v) is 6.71. The zero-order valence-corrected chi connectivity index (χ0v) is 10.5. The summed E-state index contributed by atoms with van der Waals surface area (Å²) in [7, 11) is 1.86. The fourth-order valence-electron chi connectivity index (χ4n) is 3.79. The highest BCUT2D eigenvalue weighted by molar-refractivity contribution is 5.11. The van der Waals surface area contributed by atoms with Crippen molar-refractivity contribution in [1.29, 1.82) is 0 Å². The van der Waals surface area contributed by atoms with Crippen molar-refractivity contribution in [3.05, 3.63) is 11.9 Å². The van der Waals surface area contributed by atoms with Crippen LogP contribution in [0.3, 0.4) is 0 Å². The zero-order chi connectivity index (χ0) is 11.9. The van der Waals surface area contributed by atoms with Crippen LogP contribution in [0.1, 0.15) is 57.1 Å². The Morgan fingerprint density at radius 3 is 2.29 bits per heavy atom. The Labute approximate surface area is 102 Å². The summed E-state index contributed by atoms with van der Waals surface area (Å²) < 4.78 is 1.71. The van der Waals surface area contributed by atoms with Gasteiger partial charge in [-0.05, 0) is 43.9 Å². The van der Waals surface area contributed by atoms with Crippen molar-refractivity contribution in [2.24, 2.45) is 12.5 Å². The zero-order valence-electron chi connectivity index (χ0n) is 10.5. The van der Waals surface area contributed by atoms with Gasteiger partial charge in [0.1, 0.15) is 5.60 Å². The largest absolute Gasteiger partial charge is 0.384 e. The first-order valence-electron chi connectivity index (χ1n) is 6.71. The molecule has 0 aliphatic heterocycles. The molecular weight excluding hydrogens is 214 g/mol. The molecule has 94 valence electrons. The fraction of sp³-hybridized carbons (Fsp3) is 0.846. The predicted molar refractivity (Wildman–Crippen MR) is 64.3 cm³/mol. The van der Waals surface area contributed by atoms with Crippen molar-refractivity contribution < 1.29 is 5.11 Å². The molecule has 4 nitrogen and oxygen atoms in total. The summed E-state index contributed by atoms with van der Waals surface area (Å²) in [4.78, 5) is 0. The highest BCUT2D eigenvalue weighted by atomic mass is 16.3. The van der Waals surface area contributed by atoms with E-state index >= 15 is 0 Å². The predicted octanol–water partition coefficient (Wildman–Crippen LogP) is 2.14. The average molecular weight is 235 g/mol. The molecular formula is C13H21N3O. The van der Waals surface area contributed by atoms with Crippen molar-refractivity contribution in [1.82, 2.24) is 15.0 Å². The van der Waals surface area contributed by atoms with Crippen LogP contribution in [0.5, 0.6) is 0 Å². The topological polar surface area (TPSA) is 50.9 Å². The SMILES string of the molecule is Cn1nncc1C1(O)CCC2(CCCC2)CC1. The molecule has 0 unspecified atom stereocenters. The molecule has 0 radical (unpaired) electrons. The molecule has 4 heteroatoms. The monoisotopic (exact) mass is 235 g/mol. The number of rotatable bonds is 1. The van der Waals surface area contributed by atoms with Gasteiger partial charge in [0.05, 0.1) is 11.9 Å². The van der Waals surface area contributed by atoms with Crippen molar-refractivity contribution >= 4 is 0 Å². The maximum Gasteiger partial charge on any atom is 0.108 e. The van der Waals surface area contributed by atoms with Crippen LogP contribution in [0, 0.1) is 5.41 Å². The normalized spacial score (nSPS) is 26.5. The molecule has 1 aromatic rings. The summed E-state index contributed by atoms with van der Waals surface area (Å²) in [5, 5.41) is 18.6. The summed E-state index contributed by atoms with van der Waals surface area (Å²) in [5.74, 6) is 0. The molecule has 0 bridgehead atoms. The summed E-state index contributed by atoms with van der Waals surface area (Å²) in [6.45, 7) is 0. The lowest BCUT2D eigenvalue weighted by molar-refractivity contribution is -0.0434. The van der Waals surface area contributed by atoms with E-state index in [0.29, 0.717) is 5.41 Å². The van der Waals surface area contributed by atoms with Crippen LogP contribution in [-0.4, -0.2) is 20.1 Å². The Balaban J connectivity index is 1.77. The molecule has 1 N–H and O–H groups in total. The maximum atomic E-state index is 10.8. The lowest BCUT2D eigenvalue weighted by atomic mass is 9.67. The Bertz CT molecular complexity index is 397. The number of aliphatic hydroxyl groups is 1. The van der Waals surface area contributed by atoms with Gasteiger partial charge in [0.25, 0.3) is 0 Å². The van der Waals surface area contributed by atoms with Crippen LogP contribution in [-0.2, 0) is 12.6 Å². The Morgan fingerprint density at radius 1 is 1.12 bits per heavy atom. The number of nitrogens with zero attached hydrogens (tertiary/aromatic N) is 3. The molecule has 0 aromatic carbocycles. The molecule has 2 aliphatic rings. The summed E-state index contributed by atoms with van der Waals surface area (Å²) in [6.07, 6.45) is 11.3. The lowest BCUT2D eigenvalue weighted by Gasteiger charge is -2.41. The summed E-state index contributed by atoms with van der Waals surface area (Å²) >= 11 is 0. The standard InChI is InChI=1S/C13H21N3O/c1-16-11(10-14-15-16)13(17)8-6-12(7-9-13)4-2-3-5-12/h10,17H,2-9H2,1H3. The smallest absolute Gasteiger partial charge is 0.108 e. The number of aromatic nitrogens is 3. The van der Waals surface area contributed by atoms with Gasteiger partial charge in [-0.2, -0.15) is 0 Å². The molecule has 1 spiro atoms. The van der Waals surface area contributed by atoms with Gasteiger partial charge < -0.3 is 5.11 Å². The van der Waals surface area contributed by atoms with Gasteiger partial charge in [-0.15, -0.1) is 5.10 Å². The van der Waals surface area contributed by atoms with E-state index in [1.165, 1.54) is 25.7 Å². The highest BCUT2D eigenvalue weighted by Crippen LogP contribution is 2.53. The third-order valence-electron chi connectivity index (χ3n) is 4.99. The van der Waals surface area contributed by atoms with E-state index in [0.717, 1.165) is 31.4 Å². The van der Waals surface area contributed by atoms with Crippen LogP contribution >= 0.6 is 0 Å². The number of aryl methyl sites for hydroxylation is 1. The number of hydrogen-bond donors (Lipinski definition) is 1. The van der Waals surface area contributed by atoms with E-state index in [4.69, 9.17) is 0 Å². The highest BCUT2D eigenvalue weighted by Gasteiger charge is 2.44. The van der Waals surface area contributed by atoms with E-state index in [1.54, 1.807) is 10.9 Å². The lowest BCUT2D eigenvalue weighted by Crippen LogP contribution is -2.37. The van der Waals surface area contributed by atoms with Crippen molar-refractivity contribution in [3.63, 3.8) is 0 Å². The van der Waals surface area contributed by atoms with Gasteiger partial charge in [0.15, 0.2) is 0 Å². The van der Waals surface area contributed by atoms with Gasteiger partial charge in [-0.3, -0.25) is 0 Å². The molecule has 1 heterocycles. The first-order chi connectivity index (χ1) is 8.14. The van der Waals surface area contributed by atoms with Gasteiger partial charge in [-0.1, -0.05) is 18.1 Å². The second-order valence-electron chi connectivity index (χ2n) is 5.98. The molecule has 17 heavy (non-hydrogen) atoms. The second kappa shape index (κ2) is 3.80. The van der Waals surface area contributed by atoms with E-state index < -0.39 is 5.60 Å². The van der Waals surface area contributed by atoms with Crippen LogP contribution in [0.25, 0.3) is 0 Å². The molecule has 3 rings (SSSR count). The molecule has 0 atom stereocenters. The van der Waals surface area contributed by atoms with E-state index in [2.05, 4.69) is 10.3 Å². The van der Waals surface area contributed by atoms with Crippen LogP contribution in [0.4, 0.5) is 0 Å². The minimum atomic E-state index is -0.688. The maximum absolute atomic E-state index is 10.8. The second-order valence-corrected chi connectivity index (χ2v) is 5.98. The quantitative estimate of drug-likeness (QED) is 0.811. The molecule has 0 amide bonds.